The number of amides is 3. The predicted molar refractivity (Wildman–Crippen MR) is 273 cm³/mol. The average Bonchev–Trinajstić information content (AvgIpc) is 3.32. The summed E-state index contributed by atoms with van der Waals surface area (Å²) in [5.74, 6) is -0.379. The normalized spacial score (nSPS) is 13.7. The second-order valence-corrected chi connectivity index (χ2v) is 20.8. The number of rotatable bonds is 36. The molecule has 0 aromatic heterocycles. The number of unbranched alkanes of at least 4 members (excludes halogenated alkanes) is 12. The maximum absolute atomic E-state index is 15.2. The van der Waals surface area contributed by atoms with Crippen LogP contribution >= 0.6 is 43.1 Å². The highest BCUT2D eigenvalue weighted by atomic mass is 32.2. The molecule has 3 amide bonds. The van der Waals surface area contributed by atoms with Gasteiger partial charge in [-0.25, -0.2) is 4.57 Å². The minimum Gasteiger partial charge on any atom is -0.347 e. The molecular formula is C51H78N3O7PS3. The summed E-state index contributed by atoms with van der Waals surface area (Å²) in [7, 11) is -4.50. The van der Waals surface area contributed by atoms with Gasteiger partial charge in [0.2, 0.25) is 17.7 Å². The van der Waals surface area contributed by atoms with E-state index in [2.05, 4.69) is 36.7 Å². The van der Waals surface area contributed by atoms with E-state index in [-0.39, 0.29) is 37.5 Å². The van der Waals surface area contributed by atoms with E-state index in [0.29, 0.717) is 19.3 Å². The largest absolute Gasteiger partial charge is 0.475 e. The number of hydrogen-bond donors (Lipinski definition) is 3. The Kier molecular flexibility index (Phi) is 29.3. The second kappa shape index (κ2) is 33.7. The fraction of sp³-hybridized carbons (Fsp3) is 0.588. The summed E-state index contributed by atoms with van der Waals surface area (Å²) in [6.07, 6.45) is 22.2. The molecule has 3 rings (SSSR count). The highest BCUT2D eigenvalue weighted by Gasteiger charge is 2.33. The molecule has 10 nitrogen and oxygen atoms in total. The molecule has 0 heterocycles. The molecule has 65 heavy (non-hydrogen) atoms. The van der Waals surface area contributed by atoms with E-state index in [9.17, 15) is 14.4 Å². The van der Waals surface area contributed by atoms with Gasteiger partial charge in [-0.1, -0.05) is 134 Å². The topological polar surface area (TPSA) is 132 Å². The Morgan fingerprint density at radius 2 is 0.738 bits per heavy atom. The van der Waals surface area contributed by atoms with Crippen LogP contribution in [0.25, 0.3) is 0 Å². The van der Waals surface area contributed by atoms with Crippen molar-refractivity contribution in [2.75, 3.05) is 38.6 Å². The summed E-state index contributed by atoms with van der Waals surface area (Å²) in [6, 6.07) is 21.5. The second-order valence-electron chi connectivity index (χ2n) is 16.5. The van der Waals surface area contributed by atoms with Crippen LogP contribution in [0.3, 0.4) is 0 Å². The van der Waals surface area contributed by atoms with Gasteiger partial charge in [-0.3, -0.25) is 28.0 Å². The van der Waals surface area contributed by atoms with Gasteiger partial charge in [0, 0.05) is 33.9 Å². The molecule has 0 saturated carbocycles. The van der Waals surface area contributed by atoms with Gasteiger partial charge in [0.25, 0.3) is 0 Å². The molecule has 0 bridgehead atoms. The van der Waals surface area contributed by atoms with E-state index in [1.807, 2.05) is 91.6 Å². The number of carbonyl (C=O) groups is 3. The van der Waals surface area contributed by atoms with Crippen molar-refractivity contribution < 1.29 is 32.5 Å². The van der Waals surface area contributed by atoms with Crippen LogP contribution in [0.2, 0.25) is 0 Å². The van der Waals surface area contributed by atoms with E-state index < -0.39 is 25.9 Å². The summed E-state index contributed by atoms with van der Waals surface area (Å²) < 4.78 is 34.2. The number of benzene rings is 3. The Morgan fingerprint density at radius 1 is 0.462 bits per heavy atom. The lowest BCUT2D eigenvalue weighted by Gasteiger charge is -2.27. The molecule has 0 spiro atoms. The molecule has 0 fully saturated rings. The van der Waals surface area contributed by atoms with E-state index in [4.69, 9.17) is 13.6 Å². The number of hydrogen-bond acceptors (Lipinski definition) is 10. The lowest BCUT2D eigenvalue weighted by Crippen LogP contribution is -2.33. The van der Waals surface area contributed by atoms with E-state index >= 15 is 4.57 Å². The van der Waals surface area contributed by atoms with Gasteiger partial charge in [0.05, 0.1) is 37.9 Å². The SMILES string of the molecule is CCCCCCCC(=O)NC(COP(=O)(OCC(NC(=O)CCCCCCC)c1cccc(SC)c1)OCC(NC(=O)CCCCCCC)c1cccc(SC)c1)c1cccc(SC)c1. The zero-order valence-electron chi connectivity index (χ0n) is 40.0. The Hall–Kier alpha value is -2.77. The average molecular weight is 972 g/mol. The third-order valence-corrected chi connectivity index (χ3v) is 14.8. The fourth-order valence-electron chi connectivity index (χ4n) is 7.31. The van der Waals surface area contributed by atoms with Crippen molar-refractivity contribution in [1.82, 2.24) is 16.0 Å². The van der Waals surface area contributed by atoms with Crippen LogP contribution in [0.5, 0.6) is 0 Å². The number of phosphoric acid groups is 1. The fourth-order valence-corrected chi connectivity index (χ4v) is 9.94. The first-order chi connectivity index (χ1) is 31.6. The standard InChI is InChI=1S/C51H78N3O7PS3/c1-7-10-13-16-19-31-49(55)52-46(40-25-22-28-43(34-40)63-4)37-59-62(58,60-38-47(41-26-23-29-44(35-41)64-5)53-50(56)32-20-17-14-11-8-2)61-39-48(42-27-24-30-45(36-42)65-6)54-51(57)33-21-18-15-12-9-3/h22-30,34-36,46-48H,7-21,31-33,37-39H2,1-6H3,(H,52,55)(H,53,56)(H,54,57). The molecule has 14 heteroatoms. The van der Waals surface area contributed by atoms with Gasteiger partial charge in [-0.15, -0.1) is 35.3 Å². The van der Waals surface area contributed by atoms with Gasteiger partial charge < -0.3 is 16.0 Å². The van der Waals surface area contributed by atoms with E-state index in [1.54, 1.807) is 35.3 Å². The minimum atomic E-state index is -4.50. The first-order valence-corrected chi connectivity index (χ1v) is 29.0. The van der Waals surface area contributed by atoms with Crippen molar-refractivity contribution in [2.24, 2.45) is 0 Å². The molecule has 0 aliphatic heterocycles. The van der Waals surface area contributed by atoms with Crippen molar-refractivity contribution in [3.63, 3.8) is 0 Å². The van der Waals surface area contributed by atoms with Crippen LogP contribution in [0.15, 0.2) is 87.5 Å². The summed E-state index contributed by atoms with van der Waals surface area (Å²) >= 11 is 4.75. The quantitative estimate of drug-likeness (QED) is 0.0294. The summed E-state index contributed by atoms with van der Waals surface area (Å²) in [5.41, 5.74) is 2.37. The molecule has 3 N–H and O–H groups in total. The maximum Gasteiger partial charge on any atom is 0.475 e. The highest BCUT2D eigenvalue weighted by molar-refractivity contribution is 7.99. The van der Waals surface area contributed by atoms with Crippen molar-refractivity contribution in [1.29, 1.82) is 0 Å². The van der Waals surface area contributed by atoms with Crippen molar-refractivity contribution in [2.45, 2.75) is 169 Å². The molecular weight excluding hydrogens is 894 g/mol. The first-order valence-electron chi connectivity index (χ1n) is 23.9. The van der Waals surface area contributed by atoms with Crippen LogP contribution in [0.1, 0.15) is 171 Å². The van der Waals surface area contributed by atoms with Crippen molar-refractivity contribution in [3.05, 3.63) is 89.5 Å². The summed E-state index contributed by atoms with van der Waals surface area (Å²) in [6.45, 7) is 5.84. The third kappa shape index (κ3) is 23.2. The van der Waals surface area contributed by atoms with Crippen LogP contribution in [-0.2, 0) is 32.5 Å². The number of carbonyl (C=O) groups excluding carboxylic acids is 3. The van der Waals surface area contributed by atoms with Gasteiger partial charge in [-0.2, -0.15) is 0 Å². The zero-order chi connectivity index (χ0) is 47.1. The van der Waals surface area contributed by atoms with Crippen LogP contribution in [0, 0.1) is 0 Å². The van der Waals surface area contributed by atoms with Crippen LogP contribution in [0.4, 0.5) is 0 Å². The molecule has 362 valence electrons. The Bertz CT molecular complexity index is 1660. The molecule has 3 aromatic carbocycles. The Morgan fingerprint density at radius 3 is 1.00 bits per heavy atom. The van der Waals surface area contributed by atoms with E-state index in [0.717, 1.165) is 128 Å². The van der Waals surface area contributed by atoms with Gasteiger partial charge in [-0.05, 0) is 91.1 Å². The number of thioether (sulfide) groups is 3. The molecule has 0 aliphatic rings. The first kappa shape index (κ1) is 56.6. The molecule has 3 unspecified atom stereocenters. The van der Waals surface area contributed by atoms with Gasteiger partial charge >= 0.3 is 7.82 Å². The molecule has 3 atom stereocenters. The molecule has 0 radical (unpaired) electrons. The van der Waals surface area contributed by atoms with Crippen molar-refractivity contribution in [3.8, 4) is 0 Å². The summed E-state index contributed by atoms with van der Waals surface area (Å²) in [5, 5.41) is 9.44. The summed E-state index contributed by atoms with van der Waals surface area (Å²) in [4.78, 5) is 43.4. The van der Waals surface area contributed by atoms with Gasteiger partial charge in [0.15, 0.2) is 0 Å². The highest BCUT2D eigenvalue weighted by Crippen LogP contribution is 2.51. The smallest absolute Gasteiger partial charge is 0.347 e. The third-order valence-electron chi connectivity index (χ3n) is 11.2. The van der Waals surface area contributed by atoms with Crippen molar-refractivity contribution >= 4 is 60.8 Å². The van der Waals surface area contributed by atoms with Gasteiger partial charge in [0.1, 0.15) is 0 Å². The molecule has 3 aromatic rings. The zero-order valence-corrected chi connectivity index (χ0v) is 43.4. The van der Waals surface area contributed by atoms with Crippen LogP contribution < -0.4 is 16.0 Å². The molecule has 0 saturated heterocycles. The lowest BCUT2D eigenvalue weighted by atomic mass is 10.1. The number of phosphoric ester groups is 1. The number of nitrogens with one attached hydrogen (secondary N) is 3. The maximum atomic E-state index is 15.2. The lowest BCUT2D eigenvalue weighted by molar-refractivity contribution is -0.123. The predicted octanol–water partition coefficient (Wildman–Crippen LogP) is 14.0. The van der Waals surface area contributed by atoms with Crippen LogP contribution in [-0.4, -0.2) is 56.3 Å². The molecule has 0 aliphatic carbocycles. The van der Waals surface area contributed by atoms with E-state index in [1.165, 1.54) is 0 Å². The minimum absolute atomic E-state index is 0.126. The Labute approximate surface area is 404 Å². The Balaban J connectivity index is 1.98. The monoisotopic (exact) mass is 971 g/mol.